The van der Waals surface area contributed by atoms with Crippen LogP contribution in [0.5, 0.6) is 5.75 Å². The molecule has 10 heteroatoms. The Hall–Kier alpha value is -2.66. The molecule has 0 unspecified atom stereocenters. The topological polar surface area (TPSA) is 60.0 Å². The Morgan fingerprint density at radius 3 is 2.27 bits per heavy atom. The van der Waals surface area contributed by atoms with Gasteiger partial charge in [-0.05, 0) is 60.2 Å². The van der Waals surface area contributed by atoms with Crippen LogP contribution in [0, 0.1) is 0 Å². The third-order valence-electron chi connectivity index (χ3n) is 7.18. The van der Waals surface area contributed by atoms with Gasteiger partial charge in [0.05, 0.1) is 11.6 Å². The summed E-state index contributed by atoms with van der Waals surface area (Å²) in [5.41, 5.74) is 6.65. The highest BCUT2D eigenvalue weighted by atomic mass is 35.5. The predicted molar refractivity (Wildman–Crippen MR) is 151 cm³/mol. The lowest BCUT2D eigenvalue weighted by atomic mass is 9.96. The summed E-state index contributed by atoms with van der Waals surface area (Å²) in [5, 5.41) is 9.21. The lowest BCUT2D eigenvalue weighted by Gasteiger charge is -2.39. The summed E-state index contributed by atoms with van der Waals surface area (Å²) in [5.74, 6) is -0.132. The van der Waals surface area contributed by atoms with Crippen LogP contribution in [-0.4, -0.2) is 60.9 Å². The second-order valence-corrected chi connectivity index (χ2v) is 10.4. The number of ether oxygens (including phenoxy) is 1. The number of rotatable bonds is 13. The van der Waals surface area contributed by atoms with E-state index in [1.54, 1.807) is 6.07 Å². The van der Waals surface area contributed by atoms with Gasteiger partial charge in [-0.15, -0.1) is 5.59 Å². The molecule has 0 amide bonds. The van der Waals surface area contributed by atoms with Gasteiger partial charge in [-0.3, -0.25) is 9.80 Å². The van der Waals surface area contributed by atoms with E-state index in [9.17, 15) is 13.2 Å². The van der Waals surface area contributed by atoms with Crippen molar-refractivity contribution in [2.45, 2.75) is 31.5 Å². The number of hydrazine groups is 1. The molecular formula is C30H36ClF3N4O2. The third kappa shape index (κ3) is 8.67. The van der Waals surface area contributed by atoms with E-state index in [-0.39, 0.29) is 18.4 Å². The number of benzene rings is 3. The van der Waals surface area contributed by atoms with E-state index in [0.717, 1.165) is 26.2 Å². The van der Waals surface area contributed by atoms with Gasteiger partial charge in [0.25, 0.3) is 0 Å². The van der Waals surface area contributed by atoms with Crippen LogP contribution in [0.25, 0.3) is 0 Å². The first-order valence-corrected chi connectivity index (χ1v) is 13.9. The molecule has 6 nitrogen and oxygen atoms in total. The average molecular weight is 577 g/mol. The SMILES string of the molecule is ONNCCCCc1ccc(OCCN2CCN([C@H](c3ccccc3)c3ccc(Cl)cc3)CC2)c(C(F)(F)F)c1. The number of aryl methyl sites for hydroxylation is 1. The molecule has 1 atom stereocenters. The summed E-state index contributed by atoms with van der Waals surface area (Å²) in [6, 6.07) is 22.7. The zero-order valence-electron chi connectivity index (χ0n) is 22.3. The van der Waals surface area contributed by atoms with Crippen LogP contribution in [-0.2, 0) is 12.6 Å². The predicted octanol–water partition coefficient (Wildman–Crippen LogP) is 5.95. The summed E-state index contributed by atoms with van der Waals surface area (Å²) >= 11 is 6.13. The Morgan fingerprint density at radius 2 is 1.60 bits per heavy atom. The van der Waals surface area contributed by atoms with E-state index in [2.05, 4.69) is 39.5 Å². The fourth-order valence-corrected chi connectivity index (χ4v) is 5.23. The van der Waals surface area contributed by atoms with Gasteiger partial charge in [-0.1, -0.05) is 60.1 Å². The van der Waals surface area contributed by atoms with Crippen LogP contribution in [0.1, 0.15) is 41.1 Å². The Balaban J connectivity index is 1.31. The van der Waals surface area contributed by atoms with E-state index in [1.807, 2.05) is 35.9 Å². The first-order chi connectivity index (χ1) is 19.3. The lowest BCUT2D eigenvalue weighted by molar-refractivity contribution is -0.139. The normalized spacial score (nSPS) is 15.7. The van der Waals surface area contributed by atoms with Crippen molar-refractivity contribution >= 4 is 11.6 Å². The molecule has 1 aliphatic rings. The monoisotopic (exact) mass is 576 g/mol. The third-order valence-corrected chi connectivity index (χ3v) is 7.44. The van der Waals surface area contributed by atoms with E-state index < -0.39 is 11.7 Å². The van der Waals surface area contributed by atoms with Crippen molar-refractivity contribution in [3.63, 3.8) is 0 Å². The van der Waals surface area contributed by atoms with Crippen LogP contribution >= 0.6 is 11.6 Å². The van der Waals surface area contributed by atoms with Crippen LogP contribution in [0.2, 0.25) is 5.02 Å². The number of hydrogen-bond donors (Lipinski definition) is 3. The Kier molecular flexibility index (Phi) is 11.2. The highest BCUT2D eigenvalue weighted by Crippen LogP contribution is 2.37. The molecule has 0 spiro atoms. The Morgan fingerprint density at radius 1 is 0.900 bits per heavy atom. The zero-order chi connectivity index (χ0) is 28.4. The van der Waals surface area contributed by atoms with Crippen molar-refractivity contribution in [3.05, 3.63) is 100 Å². The summed E-state index contributed by atoms with van der Waals surface area (Å²) in [4.78, 5) is 4.67. The van der Waals surface area contributed by atoms with Gasteiger partial charge >= 0.3 is 6.18 Å². The lowest BCUT2D eigenvalue weighted by Crippen LogP contribution is -2.48. The minimum atomic E-state index is -4.49. The fraction of sp³-hybridized carbons (Fsp3) is 0.400. The molecule has 1 saturated heterocycles. The summed E-state index contributed by atoms with van der Waals surface area (Å²) in [6.07, 6.45) is -2.57. The van der Waals surface area contributed by atoms with Crippen LogP contribution < -0.4 is 15.8 Å². The van der Waals surface area contributed by atoms with Crippen LogP contribution in [0.3, 0.4) is 0 Å². The van der Waals surface area contributed by atoms with E-state index in [4.69, 9.17) is 21.5 Å². The molecule has 216 valence electrons. The summed E-state index contributed by atoms with van der Waals surface area (Å²) < 4.78 is 47.0. The van der Waals surface area contributed by atoms with Gasteiger partial charge in [0.1, 0.15) is 12.4 Å². The van der Waals surface area contributed by atoms with Gasteiger partial charge in [-0.2, -0.15) is 13.2 Å². The summed E-state index contributed by atoms with van der Waals surface area (Å²) in [6.45, 7) is 4.50. The van der Waals surface area contributed by atoms with Gasteiger partial charge in [0.15, 0.2) is 0 Å². The Bertz CT molecular complexity index is 1170. The van der Waals surface area contributed by atoms with Crippen molar-refractivity contribution in [1.29, 1.82) is 0 Å². The van der Waals surface area contributed by atoms with E-state index >= 15 is 0 Å². The number of nitrogens with one attached hydrogen (secondary N) is 2. The highest BCUT2D eigenvalue weighted by molar-refractivity contribution is 6.30. The molecule has 0 bridgehead atoms. The maximum atomic E-state index is 13.8. The second kappa shape index (κ2) is 14.8. The molecule has 3 aromatic carbocycles. The first-order valence-electron chi connectivity index (χ1n) is 13.6. The molecule has 1 heterocycles. The molecule has 0 radical (unpaired) electrons. The van der Waals surface area contributed by atoms with Crippen molar-refractivity contribution in [2.75, 3.05) is 45.9 Å². The first kappa shape index (κ1) is 30.3. The van der Waals surface area contributed by atoms with Gasteiger partial charge in [-0.25, -0.2) is 5.43 Å². The number of alkyl halides is 3. The molecular weight excluding hydrogens is 541 g/mol. The molecule has 0 saturated carbocycles. The molecule has 40 heavy (non-hydrogen) atoms. The second-order valence-electron chi connectivity index (χ2n) is 9.91. The van der Waals surface area contributed by atoms with Gasteiger partial charge < -0.3 is 9.94 Å². The number of halogens is 4. The molecule has 1 fully saturated rings. The Labute approximate surface area is 238 Å². The average Bonchev–Trinajstić information content (AvgIpc) is 2.95. The van der Waals surface area contributed by atoms with E-state index in [0.29, 0.717) is 42.9 Å². The van der Waals surface area contributed by atoms with Crippen molar-refractivity contribution in [1.82, 2.24) is 20.8 Å². The smallest absolute Gasteiger partial charge is 0.419 e. The van der Waals surface area contributed by atoms with Crippen molar-refractivity contribution < 1.29 is 23.1 Å². The standard InChI is InChI=1S/C30H36ClF3N4O2/c31-26-12-10-25(11-13-26)29(24-7-2-1-3-8-24)38-18-16-37(17-19-38)20-21-40-28-14-9-23(6-4-5-15-35-36-39)22-27(28)30(32,33)34/h1-3,7-14,22,29,35-36,39H,4-6,15-21H2/t29-/m1/s1. The largest absolute Gasteiger partial charge is 0.492 e. The van der Waals surface area contributed by atoms with E-state index in [1.165, 1.54) is 23.3 Å². The molecule has 3 aromatic rings. The number of nitrogens with zero attached hydrogens (tertiary/aromatic N) is 2. The van der Waals surface area contributed by atoms with Crippen molar-refractivity contribution in [3.8, 4) is 5.75 Å². The number of hydrogen-bond acceptors (Lipinski definition) is 6. The minimum absolute atomic E-state index is 0.104. The quantitative estimate of drug-likeness (QED) is 0.173. The molecule has 0 aliphatic carbocycles. The maximum Gasteiger partial charge on any atom is 0.419 e. The van der Waals surface area contributed by atoms with Crippen LogP contribution in [0.4, 0.5) is 13.2 Å². The summed E-state index contributed by atoms with van der Waals surface area (Å²) in [7, 11) is 0. The van der Waals surface area contributed by atoms with Gasteiger partial charge in [0.2, 0.25) is 0 Å². The van der Waals surface area contributed by atoms with Crippen molar-refractivity contribution in [2.24, 2.45) is 0 Å². The number of unbranched alkanes of at least 4 members (excludes halogenated alkanes) is 1. The fourth-order valence-electron chi connectivity index (χ4n) is 5.10. The van der Waals surface area contributed by atoms with Gasteiger partial charge in [0, 0.05) is 44.3 Å². The zero-order valence-corrected chi connectivity index (χ0v) is 23.1. The molecule has 0 aromatic heterocycles. The highest BCUT2D eigenvalue weighted by Gasteiger charge is 2.35. The molecule has 3 N–H and O–H groups in total. The molecule has 4 rings (SSSR count). The van der Waals surface area contributed by atoms with Crippen LogP contribution in [0.15, 0.2) is 72.8 Å². The molecule has 1 aliphatic heterocycles. The number of piperazine rings is 1. The minimum Gasteiger partial charge on any atom is -0.492 e. The maximum absolute atomic E-state index is 13.8.